The molecule has 25 heavy (non-hydrogen) atoms. The number of amides is 1. The summed E-state index contributed by atoms with van der Waals surface area (Å²) >= 11 is 3.49. The average Bonchev–Trinajstić information content (AvgIpc) is 2.64. The average molecular weight is 397 g/mol. The zero-order valence-electron chi connectivity index (χ0n) is 13.7. The van der Waals surface area contributed by atoms with E-state index in [-0.39, 0.29) is 5.91 Å². The summed E-state index contributed by atoms with van der Waals surface area (Å²) in [5.41, 5.74) is 3.49. The Hall–Kier alpha value is -2.73. The first-order chi connectivity index (χ1) is 12.1. The molecule has 2 N–H and O–H groups in total. The molecule has 0 aliphatic carbocycles. The number of rotatable bonds is 5. The van der Waals surface area contributed by atoms with Gasteiger partial charge in [-0.2, -0.15) is 0 Å². The van der Waals surface area contributed by atoms with Gasteiger partial charge < -0.3 is 10.6 Å². The number of halogens is 1. The van der Waals surface area contributed by atoms with Crippen molar-refractivity contribution in [3.8, 4) is 0 Å². The van der Waals surface area contributed by atoms with E-state index in [9.17, 15) is 4.79 Å². The number of nitrogens with one attached hydrogen (secondary N) is 2. The zero-order valence-corrected chi connectivity index (χ0v) is 15.2. The van der Waals surface area contributed by atoms with E-state index in [0.29, 0.717) is 18.1 Å². The highest BCUT2D eigenvalue weighted by Gasteiger charge is 2.07. The molecule has 0 bridgehead atoms. The van der Waals surface area contributed by atoms with Gasteiger partial charge in [-0.25, -0.2) is 9.97 Å². The van der Waals surface area contributed by atoms with E-state index < -0.39 is 0 Å². The molecule has 0 saturated carbocycles. The van der Waals surface area contributed by atoms with E-state index in [4.69, 9.17) is 0 Å². The number of hydrogen-bond acceptors (Lipinski definition) is 4. The van der Waals surface area contributed by atoms with Gasteiger partial charge in [-0.05, 0) is 30.2 Å². The Balaban J connectivity index is 1.61. The van der Waals surface area contributed by atoms with Gasteiger partial charge in [0.1, 0.15) is 0 Å². The van der Waals surface area contributed by atoms with Crippen LogP contribution in [0.5, 0.6) is 0 Å². The maximum atomic E-state index is 12.2. The van der Waals surface area contributed by atoms with Crippen LogP contribution in [-0.4, -0.2) is 15.9 Å². The van der Waals surface area contributed by atoms with Crippen molar-refractivity contribution in [1.29, 1.82) is 0 Å². The molecule has 0 saturated heterocycles. The van der Waals surface area contributed by atoms with Crippen molar-refractivity contribution in [3.63, 3.8) is 0 Å². The lowest BCUT2D eigenvalue weighted by Crippen LogP contribution is -2.23. The maximum Gasteiger partial charge on any atom is 0.254 e. The van der Waals surface area contributed by atoms with Crippen LogP contribution >= 0.6 is 15.9 Å². The molecule has 1 aromatic heterocycles. The predicted molar refractivity (Wildman–Crippen MR) is 102 cm³/mol. The van der Waals surface area contributed by atoms with Crippen LogP contribution in [0, 0.1) is 6.92 Å². The van der Waals surface area contributed by atoms with E-state index in [1.807, 2.05) is 55.5 Å². The normalized spacial score (nSPS) is 10.3. The van der Waals surface area contributed by atoms with Crippen molar-refractivity contribution in [3.05, 3.63) is 82.1 Å². The van der Waals surface area contributed by atoms with E-state index in [1.165, 1.54) is 12.4 Å². The molecule has 2 aromatic carbocycles. The first-order valence-corrected chi connectivity index (χ1v) is 8.58. The molecule has 0 fully saturated rings. The zero-order chi connectivity index (χ0) is 17.6. The molecule has 3 rings (SSSR count). The van der Waals surface area contributed by atoms with E-state index in [2.05, 4.69) is 36.5 Å². The van der Waals surface area contributed by atoms with Crippen LogP contribution in [0.3, 0.4) is 0 Å². The fraction of sp³-hybridized carbons (Fsp3) is 0.105. The van der Waals surface area contributed by atoms with Gasteiger partial charge in [0.05, 0.1) is 5.56 Å². The Kier molecular flexibility index (Phi) is 5.40. The fourth-order valence-electron chi connectivity index (χ4n) is 2.19. The van der Waals surface area contributed by atoms with Gasteiger partial charge in [0.2, 0.25) is 5.95 Å². The quantitative estimate of drug-likeness (QED) is 0.677. The SMILES string of the molecule is Cc1ccc(Nc2ncc(C(=O)NCc3ccccc3)cn2)cc1Br. The molecule has 0 unspecified atom stereocenters. The smallest absolute Gasteiger partial charge is 0.254 e. The molecule has 126 valence electrons. The Morgan fingerprint density at radius 3 is 2.48 bits per heavy atom. The van der Waals surface area contributed by atoms with Crippen molar-refractivity contribution in [2.45, 2.75) is 13.5 Å². The molecule has 0 spiro atoms. The van der Waals surface area contributed by atoms with Gasteiger partial charge >= 0.3 is 0 Å². The van der Waals surface area contributed by atoms with Crippen molar-refractivity contribution >= 4 is 33.5 Å². The summed E-state index contributed by atoms with van der Waals surface area (Å²) in [6.07, 6.45) is 3.03. The van der Waals surface area contributed by atoms with Crippen molar-refractivity contribution in [1.82, 2.24) is 15.3 Å². The van der Waals surface area contributed by atoms with Gasteiger partial charge in [0.25, 0.3) is 5.91 Å². The van der Waals surface area contributed by atoms with E-state index in [1.54, 1.807) is 0 Å². The third-order valence-corrected chi connectivity index (χ3v) is 4.49. The minimum atomic E-state index is -0.200. The lowest BCUT2D eigenvalue weighted by molar-refractivity contribution is 0.0950. The number of nitrogens with zero attached hydrogens (tertiary/aromatic N) is 2. The lowest BCUT2D eigenvalue weighted by atomic mass is 10.2. The summed E-state index contributed by atoms with van der Waals surface area (Å²) in [6.45, 7) is 2.49. The summed E-state index contributed by atoms with van der Waals surface area (Å²) in [4.78, 5) is 20.6. The Morgan fingerprint density at radius 1 is 1.08 bits per heavy atom. The second kappa shape index (κ2) is 7.90. The van der Waals surface area contributed by atoms with Crippen molar-refractivity contribution in [2.75, 3.05) is 5.32 Å². The largest absolute Gasteiger partial charge is 0.348 e. The van der Waals surface area contributed by atoms with Crippen molar-refractivity contribution < 1.29 is 4.79 Å². The van der Waals surface area contributed by atoms with Crippen LogP contribution in [-0.2, 0) is 6.54 Å². The summed E-state index contributed by atoms with van der Waals surface area (Å²) in [6, 6.07) is 15.6. The number of hydrogen-bond donors (Lipinski definition) is 2. The van der Waals surface area contributed by atoms with E-state index in [0.717, 1.165) is 21.3 Å². The molecular formula is C19H17BrN4O. The molecule has 0 aliphatic rings. The minimum Gasteiger partial charge on any atom is -0.348 e. The van der Waals surface area contributed by atoms with Gasteiger partial charge in [-0.15, -0.1) is 0 Å². The van der Waals surface area contributed by atoms with Gasteiger partial charge in [-0.3, -0.25) is 4.79 Å². The molecule has 5 nitrogen and oxygen atoms in total. The number of aryl methyl sites for hydroxylation is 1. The number of benzene rings is 2. The highest BCUT2D eigenvalue weighted by molar-refractivity contribution is 9.10. The summed E-state index contributed by atoms with van der Waals surface area (Å²) in [7, 11) is 0. The van der Waals surface area contributed by atoms with Gasteiger partial charge in [0.15, 0.2) is 0 Å². The number of carbonyl (C=O) groups is 1. The summed E-state index contributed by atoms with van der Waals surface area (Å²) < 4.78 is 1.01. The summed E-state index contributed by atoms with van der Waals surface area (Å²) in [5, 5.41) is 5.96. The minimum absolute atomic E-state index is 0.200. The molecule has 1 amide bonds. The molecule has 0 atom stereocenters. The third-order valence-electron chi connectivity index (χ3n) is 3.64. The summed E-state index contributed by atoms with van der Waals surface area (Å²) in [5.74, 6) is 0.240. The lowest BCUT2D eigenvalue weighted by Gasteiger charge is -2.08. The van der Waals surface area contributed by atoms with Gasteiger partial charge in [-0.1, -0.05) is 52.3 Å². The molecule has 3 aromatic rings. The molecule has 0 radical (unpaired) electrons. The molecule has 0 aliphatic heterocycles. The maximum absolute atomic E-state index is 12.2. The number of carbonyl (C=O) groups excluding carboxylic acids is 1. The van der Waals surface area contributed by atoms with Crippen LogP contribution in [0.4, 0.5) is 11.6 Å². The standard InChI is InChI=1S/C19H17BrN4O/c1-13-7-8-16(9-17(13)20)24-19-22-11-15(12-23-19)18(25)21-10-14-5-3-2-4-6-14/h2-9,11-12H,10H2,1H3,(H,21,25)(H,22,23,24). The fourth-order valence-corrected chi connectivity index (χ4v) is 2.57. The molecule has 6 heteroatoms. The van der Waals surface area contributed by atoms with Gasteiger partial charge in [0, 0.05) is 29.1 Å². The topological polar surface area (TPSA) is 66.9 Å². The Morgan fingerprint density at radius 2 is 1.80 bits per heavy atom. The predicted octanol–water partition coefficient (Wildman–Crippen LogP) is 4.22. The van der Waals surface area contributed by atoms with Crippen LogP contribution in [0.25, 0.3) is 0 Å². The van der Waals surface area contributed by atoms with Crippen LogP contribution < -0.4 is 10.6 Å². The third kappa shape index (κ3) is 4.64. The first kappa shape index (κ1) is 17.1. The second-order valence-electron chi connectivity index (χ2n) is 5.55. The number of aromatic nitrogens is 2. The second-order valence-corrected chi connectivity index (χ2v) is 6.41. The van der Waals surface area contributed by atoms with E-state index >= 15 is 0 Å². The van der Waals surface area contributed by atoms with Crippen LogP contribution in [0.2, 0.25) is 0 Å². The molecular weight excluding hydrogens is 380 g/mol. The number of anilines is 2. The van der Waals surface area contributed by atoms with Crippen molar-refractivity contribution in [2.24, 2.45) is 0 Å². The first-order valence-electron chi connectivity index (χ1n) is 7.79. The highest BCUT2D eigenvalue weighted by atomic mass is 79.9. The highest BCUT2D eigenvalue weighted by Crippen LogP contribution is 2.22. The Bertz CT molecular complexity index is 866. The molecule has 1 heterocycles. The van der Waals surface area contributed by atoms with Crippen LogP contribution in [0.15, 0.2) is 65.4 Å². The van der Waals surface area contributed by atoms with Crippen LogP contribution in [0.1, 0.15) is 21.5 Å². The monoisotopic (exact) mass is 396 g/mol. The Labute approximate surface area is 154 Å².